The molecule has 0 unspecified atom stereocenters. The molecule has 84 valence electrons. The van der Waals surface area contributed by atoms with E-state index in [1.165, 1.54) is 0 Å². The van der Waals surface area contributed by atoms with Gasteiger partial charge < -0.3 is 14.6 Å². The van der Waals surface area contributed by atoms with Gasteiger partial charge in [-0.2, -0.15) is 0 Å². The molecule has 2 aromatic carbocycles. The smallest absolute Gasteiger partial charge is 0.161 e. The van der Waals surface area contributed by atoms with E-state index in [1.807, 2.05) is 19.1 Å². The Hall–Kier alpha value is -1.90. The maximum absolute atomic E-state index is 9.53. The summed E-state index contributed by atoms with van der Waals surface area (Å²) in [7, 11) is 3.21. The van der Waals surface area contributed by atoms with Crippen LogP contribution in [0.2, 0.25) is 0 Å². The van der Waals surface area contributed by atoms with Crippen molar-refractivity contribution in [2.24, 2.45) is 0 Å². The highest BCUT2D eigenvalue weighted by atomic mass is 16.5. The third-order valence-corrected chi connectivity index (χ3v) is 2.65. The number of aromatic hydroxyl groups is 1. The van der Waals surface area contributed by atoms with Crippen molar-refractivity contribution < 1.29 is 14.6 Å². The third-order valence-electron chi connectivity index (χ3n) is 2.65. The molecule has 0 aromatic heterocycles. The van der Waals surface area contributed by atoms with Crippen molar-refractivity contribution in [1.82, 2.24) is 0 Å². The maximum atomic E-state index is 9.53. The van der Waals surface area contributed by atoms with Crippen LogP contribution in [0, 0.1) is 6.92 Å². The summed E-state index contributed by atoms with van der Waals surface area (Å²) >= 11 is 0. The van der Waals surface area contributed by atoms with Crippen LogP contribution in [0.25, 0.3) is 10.8 Å². The van der Waals surface area contributed by atoms with Gasteiger partial charge in [0.15, 0.2) is 11.5 Å². The van der Waals surface area contributed by atoms with Gasteiger partial charge in [0.05, 0.1) is 14.2 Å². The lowest BCUT2D eigenvalue weighted by Crippen LogP contribution is -1.91. The van der Waals surface area contributed by atoms with Crippen molar-refractivity contribution in [3.05, 3.63) is 29.8 Å². The molecule has 1 N–H and O–H groups in total. The Balaban J connectivity index is 2.78. The lowest BCUT2D eigenvalue weighted by molar-refractivity contribution is 0.356. The number of rotatable bonds is 2. The van der Waals surface area contributed by atoms with Crippen LogP contribution in [0.15, 0.2) is 24.3 Å². The van der Waals surface area contributed by atoms with Crippen LogP contribution in [0.5, 0.6) is 17.2 Å². The topological polar surface area (TPSA) is 38.7 Å². The van der Waals surface area contributed by atoms with Crippen LogP contribution in [-0.4, -0.2) is 19.3 Å². The first-order valence-corrected chi connectivity index (χ1v) is 5.01. The number of benzene rings is 2. The minimum absolute atomic E-state index is 0.261. The summed E-state index contributed by atoms with van der Waals surface area (Å²) in [4.78, 5) is 0. The molecule has 0 aliphatic carbocycles. The van der Waals surface area contributed by atoms with E-state index in [1.54, 1.807) is 26.4 Å². The highest BCUT2D eigenvalue weighted by Gasteiger charge is 2.08. The quantitative estimate of drug-likeness (QED) is 0.842. The normalized spacial score (nSPS) is 10.4. The molecule has 0 aliphatic rings. The average molecular weight is 218 g/mol. The Morgan fingerprint density at radius 1 is 0.938 bits per heavy atom. The number of methoxy groups -OCH3 is 2. The van der Waals surface area contributed by atoms with Gasteiger partial charge in [0.2, 0.25) is 0 Å². The molecule has 0 bridgehead atoms. The summed E-state index contributed by atoms with van der Waals surface area (Å²) in [5.74, 6) is 1.63. The number of hydrogen-bond donors (Lipinski definition) is 1. The molecule has 3 heteroatoms. The van der Waals surface area contributed by atoms with Crippen LogP contribution >= 0.6 is 0 Å². The summed E-state index contributed by atoms with van der Waals surface area (Å²) in [6, 6.07) is 7.22. The fourth-order valence-corrected chi connectivity index (χ4v) is 1.86. The Kier molecular flexibility index (Phi) is 2.60. The minimum Gasteiger partial charge on any atom is -0.508 e. The van der Waals surface area contributed by atoms with Crippen LogP contribution in [0.4, 0.5) is 0 Å². The second kappa shape index (κ2) is 3.93. The Morgan fingerprint density at radius 3 is 2.19 bits per heavy atom. The maximum Gasteiger partial charge on any atom is 0.161 e. The molecule has 2 aromatic rings. The molecule has 0 saturated carbocycles. The number of aryl methyl sites for hydroxylation is 1. The summed E-state index contributed by atoms with van der Waals surface area (Å²) in [5, 5.41) is 11.5. The van der Waals surface area contributed by atoms with Gasteiger partial charge >= 0.3 is 0 Å². The van der Waals surface area contributed by atoms with Crippen molar-refractivity contribution in [1.29, 1.82) is 0 Å². The average Bonchev–Trinajstić information content (AvgIpc) is 2.27. The molecule has 2 rings (SSSR count). The van der Waals surface area contributed by atoms with Gasteiger partial charge in [0.1, 0.15) is 5.75 Å². The Labute approximate surface area is 94.2 Å². The van der Waals surface area contributed by atoms with Crippen molar-refractivity contribution in [2.75, 3.05) is 14.2 Å². The van der Waals surface area contributed by atoms with E-state index >= 15 is 0 Å². The minimum atomic E-state index is 0.261. The van der Waals surface area contributed by atoms with Crippen LogP contribution in [-0.2, 0) is 0 Å². The highest BCUT2D eigenvalue weighted by Crippen LogP contribution is 2.35. The molecule has 0 amide bonds. The molecule has 0 spiro atoms. The third kappa shape index (κ3) is 1.65. The zero-order valence-corrected chi connectivity index (χ0v) is 9.57. The summed E-state index contributed by atoms with van der Waals surface area (Å²) < 4.78 is 10.5. The van der Waals surface area contributed by atoms with Crippen LogP contribution in [0.1, 0.15) is 5.56 Å². The first-order valence-electron chi connectivity index (χ1n) is 5.01. The van der Waals surface area contributed by atoms with Gasteiger partial charge in [-0.15, -0.1) is 0 Å². The fourth-order valence-electron chi connectivity index (χ4n) is 1.86. The lowest BCUT2D eigenvalue weighted by atomic mass is 10.0. The van der Waals surface area contributed by atoms with Gasteiger partial charge in [-0.1, -0.05) is 0 Å². The Bertz CT molecular complexity index is 532. The second-order valence-corrected chi connectivity index (χ2v) is 3.69. The predicted molar refractivity (Wildman–Crippen MR) is 63.5 cm³/mol. The van der Waals surface area contributed by atoms with Crippen molar-refractivity contribution in [2.45, 2.75) is 6.92 Å². The molecule has 0 aliphatic heterocycles. The highest BCUT2D eigenvalue weighted by molar-refractivity contribution is 5.90. The molecule has 16 heavy (non-hydrogen) atoms. The molecule has 0 heterocycles. The number of phenolic OH excluding ortho intramolecular Hbond substituents is 1. The first-order chi connectivity index (χ1) is 7.65. The van der Waals surface area contributed by atoms with E-state index in [0.717, 1.165) is 16.3 Å². The van der Waals surface area contributed by atoms with E-state index < -0.39 is 0 Å². The molecular weight excluding hydrogens is 204 g/mol. The SMILES string of the molecule is COc1cc2cc(O)cc(C)c2cc1OC. The van der Waals surface area contributed by atoms with Gasteiger partial charge in [0, 0.05) is 0 Å². The molecule has 3 nitrogen and oxygen atoms in total. The number of fused-ring (bicyclic) bond motifs is 1. The summed E-state index contributed by atoms with van der Waals surface area (Å²) in [6.07, 6.45) is 0. The van der Waals surface area contributed by atoms with E-state index in [9.17, 15) is 5.11 Å². The van der Waals surface area contributed by atoms with Gasteiger partial charge in [0.25, 0.3) is 0 Å². The van der Waals surface area contributed by atoms with Gasteiger partial charge in [-0.05, 0) is 47.5 Å². The fraction of sp³-hybridized carbons (Fsp3) is 0.231. The van der Waals surface area contributed by atoms with Crippen LogP contribution < -0.4 is 9.47 Å². The Morgan fingerprint density at radius 2 is 1.56 bits per heavy atom. The molecular formula is C13H14O3. The molecule has 0 radical (unpaired) electrons. The predicted octanol–water partition coefficient (Wildman–Crippen LogP) is 2.87. The van der Waals surface area contributed by atoms with Gasteiger partial charge in [-0.25, -0.2) is 0 Å². The first kappa shape index (κ1) is 10.6. The lowest BCUT2D eigenvalue weighted by Gasteiger charge is -2.10. The molecule has 0 atom stereocenters. The summed E-state index contributed by atoms with van der Waals surface area (Å²) in [5.41, 5.74) is 1.01. The second-order valence-electron chi connectivity index (χ2n) is 3.69. The number of phenols is 1. The van der Waals surface area contributed by atoms with E-state index in [-0.39, 0.29) is 5.75 Å². The van der Waals surface area contributed by atoms with E-state index in [0.29, 0.717) is 11.5 Å². The van der Waals surface area contributed by atoms with Crippen molar-refractivity contribution in [3.8, 4) is 17.2 Å². The zero-order chi connectivity index (χ0) is 11.7. The largest absolute Gasteiger partial charge is 0.508 e. The van der Waals surface area contributed by atoms with Crippen molar-refractivity contribution >= 4 is 10.8 Å². The van der Waals surface area contributed by atoms with E-state index in [2.05, 4.69) is 0 Å². The van der Waals surface area contributed by atoms with Gasteiger partial charge in [-0.3, -0.25) is 0 Å². The monoisotopic (exact) mass is 218 g/mol. The van der Waals surface area contributed by atoms with Crippen LogP contribution in [0.3, 0.4) is 0 Å². The number of hydrogen-bond acceptors (Lipinski definition) is 3. The standard InChI is InChI=1S/C13H14O3/c1-8-4-10(14)5-9-6-12(15-2)13(16-3)7-11(8)9/h4-7,14H,1-3H3. The zero-order valence-electron chi connectivity index (χ0n) is 9.57. The molecule has 0 saturated heterocycles. The van der Waals surface area contributed by atoms with Crippen molar-refractivity contribution in [3.63, 3.8) is 0 Å². The number of ether oxygens (including phenoxy) is 2. The molecule has 0 fully saturated rings. The van der Waals surface area contributed by atoms with E-state index in [4.69, 9.17) is 9.47 Å². The summed E-state index contributed by atoms with van der Waals surface area (Å²) in [6.45, 7) is 1.95.